The third kappa shape index (κ3) is 5.01. The minimum atomic E-state index is 0.146. The molecule has 3 heteroatoms. The van der Waals surface area contributed by atoms with E-state index in [1.54, 1.807) is 0 Å². The largest absolute Gasteiger partial charge is 0.353 e. The highest BCUT2D eigenvalue weighted by Gasteiger charge is 2.29. The Kier molecular flexibility index (Phi) is 4.63. The van der Waals surface area contributed by atoms with Crippen LogP contribution in [0.1, 0.15) is 46.5 Å². The molecule has 1 saturated carbocycles. The van der Waals surface area contributed by atoms with Crippen LogP contribution < -0.4 is 5.32 Å². The van der Waals surface area contributed by atoms with Gasteiger partial charge in [0, 0.05) is 17.8 Å². The normalized spacial score (nSPS) is 18.7. The first kappa shape index (κ1) is 13.0. The molecule has 0 aromatic carbocycles. The summed E-state index contributed by atoms with van der Waals surface area (Å²) in [6.45, 7) is 6.53. The van der Waals surface area contributed by atoms with E-state index in [0.717, 1.165) is 18.2 Å². The van der Waals surface area contributed by atoms with Crippen LogP contribution in [0.5, 0.6) is 0 Å². The fraction of sp³-hybridized carbons (Fsp3) is 0.917. The molecule has 0 aromatic heterocycles. The molecule has 0 radical (unpaired) electrons. The highest BCUT2D eigenvalue weighted by molar-refractivity contribution is 9.09. The van der Waals surface area contributed by atoms with Gasteiger partial charge >= 0.3 is 0 Å². The highest BCUT2D eigenvalue weighted by Crippen LogP contribution is 2.32. The molecule has 1 atom stereocenters. The van der Waals surface area contributed by atoms with Gasteiger partial charge in [-0.2, -0.15) is 0 Å². The molecule has 1 N–H and O–H groups in total. The fourth-order valence-electron chi connectivity index (χ4n) is 1.67. The number of carbonyl (C=O) groups excluding carboxylic acids is 1. The lowest BCUT2D eigenvalue weighted by atomic mass is 9.85. The molecule has 0 aliphatic heterocycles. The summed E-state index contributed by atoms with van der Waals surface area (Å²) >= 11 is 3.44. The van der Waals surface area contributed by atoms with Gasteiger partial charge in [-0.05, 0) is 30.6 Å². The van der Waals surface area contributed by atoms with Gasteiger partial charge in [0.25, 0.3) is 0 Å². The number of nitrogens with one attached hydrogen (secondary N) is 1. The highest BCUT2D eigenvalue weighted by atomic mass is 79.9. The zero-order valence-corrected chi connectivity index (χ0v) is 11.6. The molecule has 0 heterocycles. The Morgan fingerprint density at radius 1 is 1.47 bits per heavy atom. The molecule has 2 nitrogen and oxygen atoms in total. The van der Waals surface area contributed by atoms with Gasteiger partial charge in [0.05, 0.1) is 0 Å². The van der Waals surface area contributed by atoms with E-state index >= 15 is 0 Å². The van der Waals surface area contributed by atoms with Crippen LogP contribution in [0.25, 0.3) is 0 Å². The van der Waals surface area contributed by atoms with E-state index < -0.39 is 0 Å². The van der Waals surface area contributed by atoms with E-state index in [9.17, 15) is 4.79 Å². The lowest BCUT2D eigenvalue weighted by Gasteiger charge is -2.31. The molecule has 1 aliphatic carbocycles. The molecule has 1 amide bonds. The van der Waals surface area contributed by atoms with E-state index in [0.29, 0.717) is 5.92 Å². The first-order valence-corrected chi connectivity index (χ1v) is 6.91. The minimum Gasteiger partial charge on any atom is -0.353 e. The quantitative estimate of drug-likeness (QED) is 0.768. The number of hydrogen-bond donors (Lipinski definition) is 1. The predicted molar refractivity (Wildman–Crippen MR) is 67.1 cm³/mol. The van der Waals surface area contributed by atoms with E-state index in [1.165, 1.54) is 12.8 Å². The van der Waals surface area contributed by atoms with Gasteiger partial charge in [-0.1, -0.05) is 36.7 Å². The summed E-state index contributed by atoms with van der Waals surface area (Å²) in [5.41, 5.74) is 0.146. The number of carbonyl (C=O) groups is 1. The summed E-state index contributed by atoms with van der Waals surface area (Å²) in [4.78, 5) is 11.7. The second-order valence-corrected chi connectivity index (χ2v) is 6.40. The molecule has 0 spiro atoms. The van der Waals surface area contributed by atoms with E-state index in [4.69, 9.17) is 0 Å². The van der Waals surface area contributed by atoms with Gasteiger partial charge in [0.2, 0.25) is 5.91 Å². The van der Waals surface area contributed by atoms with E-state index in [-0.39, 0.29) is 17.4 Å². The Morgan fingerprint density at radius 3 is 2.47 bits per heavy atom. The summed E-state index contributed by atoms with van der Waals surface area (Å²) in [6.07, 6.45) is 4.22. The van der Waals surface area contributed by atoms with Crippen molar-refractivity contribution >= 4 is 21.8 Å². The zero-order chi connectivity index (χ0) is 11.5. The van der Waals surface area contributed by atoms with Gasteiger partial charge in [0.15, 0.2) is 0 Å². The van der Waals surface area contributed by atoms with Crippen molar-refractivity contribution in [3.63, 3.8) is 0 Å². The third-order valence-corrected chi connectivity index (χ3v) is 3.41. The molecule has 0 aromatic rings. The summed E-state index contributed by atoms with van der Waals surface area (Å²) in [6, 6.07) is 0.281. The Bertz CT molecular complexity index is 218. The summed E-state index contributed by atoms with van der Waals surface area (Å²) < 4.78 is 0. The molecule has 1 rings (SSSR count). The molecule has 15 heavy (non-hydrogen) atoms. The first-order valence-electron chi connectivity index (χ1n) is 5.79. The zero-order valence-electron chi connectivity index (χ0n) is 9.98. The molecular weight excluding hydrogens is 254 g/mol. The standard InChI is InChI=1S/C12H22BrNO/c1-12(2,3)10(6-7-13)14-11(15)8-9-4-5-9/h9-10H,4-8H2,1-3H3,(H,14,15). The number of halogens is 1. The van der Waals surface area contributed by atoms with Gasteiger partial charge in [-0.15, -0.1) is 0 Å². The lowest BCUT2D eigenvalue weighted by Crippen LogP contribution is -2.44. The maximum Gasteiger partial charge on any atom is 0.220 e. The van der Waals surface area contributed by atoms with Crippen LogP contribution in [0.2, 0.25) is 0 Å². The topological polar surface area (TPSA) is 29.1 Å². The molecule has 1 fully saturated rings. The van der Waals surface area contributed by atoms with Gasteiger partial charge < -0.3 is 5.32 Å². The van der Waals surface area contributed by atoms with Crippen molar-refractivity contribution in [2.45, 2.75) is 52.5 Å². The van der Waals surface area contributed by atoms with E-state index in [1.807, 2.05) is 0 Å². The number of hydrogen-bond acceptors (Lipinski definition) is 1. The van der Waals surface area contributed by atoms with E-state index in [2.05, 4.69) is 42.0 Å². The summed E-state index contributed by atoms with van der Waals surface area (Å²) in [5.74, 6) is 0.910. The van der Waals surface area contributed by atoms with Crippen LogP contribution in [0.3, 0.4) is 0 Å². The van der Waals surface area contributed by atoms with Crippen molar-refractivity contribution in [2.75, 3.05) is 5.33 Å². The average molecular weight is 276 g/mol. The van der Waals surface area contributed by atoms with Crippen molar-refractivity contribution in [2.24, 2.45) is 11.3 Å². The van der Waals surface area contributed by atoms with Crippen LogP contribution in [-0.2, 0) is 4.79 Å². The Balaban J connectivity index is 2.38. The summed E-state index contributed by atoms with van der Waals surface area (Å²) in [5, 5.41) is 4.10. The maximum atomic E-state index is 11.7. The van der Waals surface area contributed by atoms with Crippen LogP contribution >= 0.6 is 15.9 Å². The molecular formula is C12H22BrNO. The molecule has 0 saturated heterocycles. The van der Waals surface area contributed by atoms with Gasteiger partial charge in [-0.3, -0.25) is 4.79 Å². The Hall–Kier alpha value is -0.0500. The van der Waals surface area contributed by atoms with Gasteiger partial charge in [0.1, 0.15) is 0 Å². The lowest BCUT2D eigenvalue weighted by molar-refractivity contribution is -0.122. The fourth-order valence-corrected chi connectivity index (χ4v) is 2.13. The second-order valence-electron chi connectivity index (χ2n) is 5.61. The molecule has 0 bridgehead atoms. The summed E-state index contributed by atoms with van der Waals surface area (Å²) in [7, 11) is 0. The number of rotatable bonds is 5. The van der Waals surface area contributed by atoms with Crippen molar-refractivity contribution in [3.8, 4) is 0 Å². The monoisotopic (exact) mass is 275 g/mol. The van der Waals surface area contributed by atoms with Crippen molar-refractivity contribution in [1.29, 1.82) is 0 Å². The number of alkyl halides is 1. The van der Waals surface area contributed by atoms with Crippen LogP contribution in [0.15, 0.2) is 0 Å². The first-order chi connectivity index (χ1) is 6.93. The molecule has 1 aliphatic rings. The number of amides is 1. The van der Waals surface area contributed by atoms with Crippen molar-refractivity contribution in [3.05, 3.63) is 0 Å². The van der Waals surface area contributed by atoms with Gasteiger partial charge in [-0.25, -0.2) is 0 Å². The van der Waals surface area contributed by atoms with Crippen molar-refractivity contribution < 1.29 is 4.79 Å². The smallest absolute Gasteiger partial charge is 0.220 e. The minimum absolute atomic E-state index is 0.146. The van der Waals surface area contributed by atoms with Crippen LogP contribution in [-0.4, -0.2) is 17.3 Å². The van der Waals surface area contributed by atoms with Crippen molar-refractivity contribution in [1.82, 2.24) is 5.32 Å². The van der Waals surface area contributed by atoms with Crippen LogP contribution in [0.4, 0.5) is 0 Å². The molecule has 88 valence electrons. The second kappa shape index (κ2) is 5.33. The Labute approximate surface area is 101 Å². The molecule has 1 unspecified atom stereocenters. The average Bonchev–Trinajstić information content (AvgIpc) is 2.85. The van der Waals surface area contributed by atoms with Crippen LogP contribution in [0, 0.1) is 11.3 Å². The third-order valence-electron chi connectivity index (χ3n) is 2.95. The maximum absolute atomic E-state index is 11.7. The Morgan fingerprint density at radius 2 is 2.07 bits per heavy atom. The SMILES string of the molecule is CC(C)(C)C(CCBr)NC(=O)CC1CC1. The predicted octanol–water partition coefficient (Wildman–Crippen LogP) is 3.10.